The average molecular weight is 325 g/mol. The first-order valence-corrected chi connectivity index (χ1v) is 15.3. The summed E-state index contributed by atoms with van der Waals surface area (Å²) < 4.78 is 5.94. The van der Waals surface area contributed by atoms with Crippen molar-refractivity contribution in [2.75, 3.05) is 13.0 Å². The Balaban J connectivity index is 4.55. The van der Waals surface area contributed by atoms with E-state index in [0.29, 0.717) is 5.88 Å². The van der Waals surface area contributed by atoms with Crippen LogP contribution >= 0.6 is 11.6 Å². The third-order valence-corrected chi connectivity index (χ3v) is 8.93. The molecule has 0 rings (SSSR count). The summed E-state index contributed by atoms with van der Waals surface area (Å²) >= 11 is 3.53. The average Bonchev–Trinajstić information content (AvgIpc) is 2.09. The summed E-state index contributed by atoms with van der Waals surface area (Å²) in [4.78, 5) is 18.0. The Kier molecular flexibility index (Phi) is 6.87. The number of rotatable bonds is 5. The molecule has 0 amide bonds. The number of methoxy groups -OCH3 is 1. The van der Waals surface area contributed by atoms with Gasteiger partial charge in [-0.1, -0.05) is 0 Å². The maximum absolute atomic E-state index is 11.1. The summed E-state index contributed by atoms with van der Waals surface area (Å²) in [5, 5.41) is 0. The summed E-state index contributed by atoms with van der Waals surface area (Å²) in [6.07, 6.45) is 3.55. The van der Waals surface area contributed by atoms with E-state index in [9.17, 15) is 4.79 Å². The van der Waals surface area contributed by atoms with Gasteiger partial charge in [-0.3, -0.25) is 0 Å². The SMILES string of the molecule is COC(=O)/C=[C](/CCCCl)[Sn]([CH3])([CH3])[CH3]. The minimum atomic E-state index is -2.12. The van der Waals surface area contributed by atoms with E-state index in [-0.39, 0.29) is 5.97 Å². The molecule has 0 aliphatic carbocycles. The van der Waals surface area contributed by atoms with Gasteiger partial charge in [0.15, 0.2) is 0 Å². The van der Waals surface area contributed by atoms with Crippen molar-refractivity contribution in [3.63, 3.8) is 0 Å². The molecule has 0 N–H and O–H groups in total. The molecule has 0 fully saturated rings. The van der Waals surface area contributed by atoms with Gasteiger partial charge in [-0.25, -0.2) is 0 Å². The van der Waals surface area contributed by atoms with Crippen LogP contribution in [0.15, 0.2) is 9.67 Å². The number of halogens is 1. The van der Waals surface area contributed by atoms with E-state index in [0.717, 1.165) is 12.8 Å². The van der Waals surface area contributed by atoms with Crippen LogP contribution in [0.3, 0.4) is 0 Å². The summed E-state index contributed by atoms with van der Waals surface area (Å²) in [5.74, 6) is 0.418. The standard InChI is InChI=1S/C7H10ClO2.3CH3.Sn/c1-10-7(9)5-3-2-4-6-8;;;;/h5H,2,4,6H2,1H3;3*1H3;. The third kappa shape index (κ3) is 5.91. The zero-order chi connectivity index (χ0) is 11.2. The molecule has 0 radical (unpaired) electrons. The van der Waals surface area contributed by atoms with Crippen molar-refractivity contribution in [3.05, 3.63) is 9.67 Å². The molecule has 2 nitrogen and oxygen atoms in total. The zero-order valence-electron chi connectivity index (χ0n) is 9.39. The second kappa shape index (κ2) is 6.72. The molecular formula is C10H19ClO2Sn. The Morgan fingerprint density at radius 1 is 1.43 bits per heavy atom. The number of hydrogen-bond acceptors (Lipinski definition) is 2. The van der Waals surface area contributed by atoms with E-state index in [1.54, 1.807) is 6.08 Å². The number of allylic oxidation sites excluding steroid dienone is 1. The Bertz CT molecular complexity index is 219. The van der Waals surface area contributed by atoms with Gasteiger partial charge in [0.25, 0.3) is 0 Å². The molecule has 0 unspecified atom stereocenters. The van der Waals surface area contributed by atoms with Gasteiger partial charge in [0, 0.05) is 0 Å². The first kappa shape index (κ1) is 14.3. The molecule has 14 heavy (non-hydrogen) atoms. The van der Waals surface area contributed by atoms with Crippen molar-refractivity contribution in [2.45, 2.75) is 27.7 Å². The van der Waals surface area contributed by atoms with Crippen LogP contribution in [-0.4, -0.2) is 37.3 Å². The van der Waals surface area contributed by atoms with Crippen LogP contribution in [-0.2, 0) is 9.53 Å². The molecule has 0 saturated heterocycles. The number of alkyl halides is 1. The molecule has 0 aliphatic heterocycles. The molecule has 0 bridgehead atoms. The maximum atomic E-state index is 11.1. The first-order chi connectivity index (χ1) is 6.41. The van der Waals surface area contributed by atoms with Crippen molar-refractivity contribution in [1.29, 1.82) is 0 Å². The number of ether oxygens (including phenoxy) is 1. The molecule has 0 aromatic heterocycles. The van der Waals surface area contributed by atoms with Crippen LogP contribution < -0.4 is 0 Å². The molecule has 0 aromatic rings. The minimum absolute atomic E-state index is 0.235. The molecule has 0 heterocycles. The summed E-state index contributed by atoms with van der Waals surface area (Å²) in [6.45, 7) is 0. The van der Waals surface area contributed by atoms with Crippen LogP contribution in [0.1, 0.15) is 12.8 Å². The Morgan fingerprint density at radius 3 is 2.36 bits per heavy atom. The van der Waals surface area contributed by atoms with E-state index < -0.39 is 18.4 Å². The van der Waals surface area contributed by atoms with Gasteiger partial charge < -0.3 is 0 Å². The molecule has 82 valence electrons. The Hall–Kier alpha value is 0.299. The summed E-state index contributed by atoms with van der Waals surface area (Å²) in [5.41, 5.74) is 0. The van der Waals surface area contributed by atoms with E-state index in [1.165, 1.54) is 10.7 Å². The predicted molar refractivity (Wildman–Crippen MR) is 63.4 cm³/mol. The van der Waals surface area contributed by atoms with E-state index in [1.807, 2.05) is 0 Å². The molecule has 0 atom stereocenters. The fourth-order valence-electron chi connectivity index (χ4n) is 1.12. The van der Waals surface area contributed by atoms with Gasteiger partial charge in [-0.05, 0) is 0 Å². The van der Waals surface area contributed by atoms with Gasteiger partial charge in [-0.15, -0.1) is 0 Å². The quantitative estimate of drug-likeness (QED) is 0.336. The fourth-order valence-corrected chi connectivity index (χ4v) is 5.47. The number of esters is 1. The Labute approximate surface area is 95.5 Å². The molecule has 4 heteroatoms. The van der Waals surface area contributed by atoms with Crippen molar-refractivity contribution in [2.24, 2.45) is 0 Å². The van der Waals surface area contributed by atoms with Crippen LogP contribution in [0.5, 0.6) is 0 Å². The monoisotopic (exact) mass is 326 g/mol. The molecule has 0 aliphatic rings. The second-order valence-corrected chi connectivity index (χ2v) is 19.3. The second-order valence-electron chi connectivity index (χ2n) is 4.24. The van der Waals surface area contributed by atoms with E-state index >= 15 is 0 Å². The van der Waals surface area contributed by atoms with Gasteiger partial charge in [0.1, 0.15) is 0 Å². The predicted octanol–water partition coefficient (Wildman–Crippen LogP) is 2.98. The number of hydrogen-bond donors (Lipinski definition) is 0. The van der Waals surface area contributed by atoms with Crippen molar-refractivity contribution < 1.29 is 9.53 Å². The normalized spacial score (nSPS) is 12.8. The first-order valence-electron chi connectivity index (χ1n) is 4.76. The van der Waals surface area contributed by atoms with Gasteiger partial charge in [0.2, 0.25) is 0 Å². The number of carbonyl (C=O) groups is 1. The summed E-state index contributed by atoms with van der Waals surface area (Å²) in [6, 6.07) is 0. The van der Waals surface area contributed by atoms with E-state index in [2.05, 4.69) is 19.6 Å². The van der Waals surface area contributed by atoms with Crippen molar-refractivity contribution >= 4 is 35.9 Å². The molecule has 0 saturated carbocycles. The molecule has 0 spiro atoms. The van der Waals surface area contributed by atoms with Crippen molar-refractivity contribution in [3.8, 4) is 0 Å². The Morgan fingerprint density at radius 2 is 2.00 bits per heavy atom. The summed E-state index contributed by atoms with van der Waals surface area (Å²) in [7, 11) is 1.41. The fraction of sp³-hybridized carbons (Fsp3) is 0.700. The topological polar surface area (TPSA) is 26.3 Å². The molecule has 0 aromatic carbocycles. The van der Waals surface area contributed by atoms with Crippen LogP contribution in [0.2, 0.25) is 14.8 Å². The zero-order valence-corrected chi connectivity index (χ0v) is 13.0. The van der Waals surface area contributed by atoms with Crippen LogP contribution in [0.25, 0.3) is 0 Å². The van der Waals surface area contributed by atoms with Crippen molar-refractivity contribution in [1.82, 2.24) is 0 Å². The van der Waals surface area contributed by atoms with Crippen LogP contribution in [0.4, 0.5) is 0 Å². The number of carbonyl (C=O) groups excluding carboxylic acids is 1. The van der Waals surface area contributed by atoms with Gasteiger partial charge in [0.05, 0.1) is 0 Å². The van der Waals surface area contributed by atoms with Gasteiger partial charge >= 0.3 is 95.8 Å². The van der Waals surface area contributed by atoms with Crippen LogP contribution in [0, 0.1) is 0 Å². The van der Waals surface area contributed by atoms with Gasteiger partial charge in [-0.2, -0.15) is 0 Å². The third-order valence-electron chi connectivity index (χ3n) is 2.04. The van der Waals surface area contributed by atoms with E-state index in [4.69, 9.17) is 11.6 Å². The molecular weight excluding hydrogens is 306 g/mol.